The average Bonchev–Trinajstić information content (AvgIpc) is 2.89. The van der Waals surface area contributed by atoms with Crippen LogP contribution in [0, 0.1) is 6.92 Å². The van der Waals surface area contributed by atoms with E-state index in [2.05, 4.69) is 51.7 Å². The van der Waals surface area contributed by atoms with Crippen LogP contribution >= 0.6 is 11.8 Å². The Morgan fingerprint density at radius 2 is 2.14 bits per heavy atom. The van der Waals surface area contributed by atoms with Crippen molar-refractivity contribution in [3.63, 3.8) is 0 Å². The summed E-state index contributed by atoms with van der Waals surface area (Å²) in [5.74, 6) is 1.35. The summed E-state index contributed by atoms with van der Waals surface area (Å²) in [5.41, 5.74) is 2.44. The third kappa shape index (κ3) is 5.11. The summed E-state index contributed by atoms with van der Waals surface area (Å²) in [7, 11) is 0. The molecule has 0 unspecified atom stereocenters. The third-order valence-corrected chi connectivity index (χ3v) is 3.62. The first kappa shape index (κ1) is 15.4. The molecule has 1 amide bonds. The Bertz CT molecular complexity index is 583. The fourth-order valence-electron chi connectivity index (χ4n) is 1.61. The number of amides is 1. The van der Waals surface area contributed by atoms with Crippen LogP contribution in [-0.2, 0) is 10.5 Å². The van der Waals surface area contributed by atoms with Crippen LogP contribution in [0.25, 0.3) is 0 Å². The van der Waals surface area contributed by atoms with Crippen molar-refractivity contribution in [2.24, 2.45) is 0 Å². The van der Waals surface area contributed by atoms with Crippen LogP contribution in [0.3, 0.4) is 0 Å². The summed E-state index contributed by atoms with van der Waals surface area (Å²) < 4.78 is 5.11. The Hall–Kier alpha value is -2.02. The molecule has 0 saturated carbocycles. The largest absolute Gasteiger partial charge is 0.463 e. The van der Waals surface area contributed by atoms with Gasteiger partial charge in [0.2, 0.25) is 11.9 Å². The van der Waals surface area contributed by atoms with Gasteiger partial charge in [-0.3, -0.25) is 10.1 Å². The first-order valence-corrected chi connectivity index (χ1v) is 7.81. The number of thioether (sulfide) groups is 1. The molecule has 2 rings (SSSR count). The number of hydrogen-bond donors (Lipinski definition) is 2. The lowest BCUT2D eigenvalue weighted by molar-refractivity contribution is -0.113. The Morgan fingerprint density at radius 1 is 1.38 bits per heavy atom. The highest BCUT2D eigenvalue weighted by atomic mass is 32.2. The number of benzene rings is 1. The van der Waals surface area contributed by atoms with Gasteiger partial charge in [0.15, 0.2) is 0 Å². The molecule has 0 saturated heterocycles. The summed E-state index contributed by atoms with van der Waals surface area (Å²) in [6.07, 6.45) is 0. The molecule has 2 aromatic rings. The summed E-state index contributed by atoms with van der Waals surface area (Å²) in [4.78, 5) is 15.7. The van der Waals surface area contributed by atoms with Crippen LogP contribution in [0.1, 0.15) is 18.1 Å². The maximum atomic E-state index is 11.8. The number of nitrogens with one attached hydrogen (secondary N) is 2. The van der Waals surface area contributed by atoms with E-state index in [1.165, 1.54) is 11.1 Å². The molecule has 0 radical (unpaired) electrons. The monoisotopic (exact) mass is 306 g/mol. The van der Waals surface area contributed by atoms with Gasteiger partial charge in [-0.25, -0.2) is 5.10 Å². The zero-order chi connectivity index (χ0) is 15.1. The number of aromatic amines is 1. The van der Waals surface area contributed by atoms with E-state index in [9.17, 15) is 4.79 Å². The molecule has 1 aromatic heterocycles. The number of hydrogen-bond acceptors (Lipinski definition) is 5. The first-order chi connectivity index (χ1) is 10.2. The van der Waals surface area contributed by atoms with Crippen molar-refractivity contribution in [2.45, 2.75) is 19.6 Å². The number of nitrogens with zero attached hydrogens (tertiary/aromatic N) is 2. The van der Waals surface area contributed by atoms with Crippen molar-refractivity contribution in [1.29, 1.82) is 0 Å². The van der Waals surface area contributed by atoms with Gasteiger partial charge in [-0.2, -0.15) is 4.98 Å². The Morgan fingerprint density at radius 3 is 2.86 bits per heavy atom. The molecular weight excluding hydrogens is 288 g/mol. The molecule has 112 valence electrons. The molecule has 0 fully saturated rings. The van der Waals surface area contributed by atoms with E-state index in [1.54, 1.807) is 11.8 Å². The van der Waals surface area contributed by atoms with E-state index < -0.39 is 0 Å². The minimum absolute atomic E-state index is 0.119. The van der Waals surface area contributed by atoms with Crippen LogP contribution in [-0.4, -0.2) is 33.4 Å². The van der Waals surface area contributed by atoms with E-state index >= 15 is 0 Å². The predicted octanol–water partition coefficient (Wildman–Crippen LogP) is 2.38. The number of anilines is 1. The molecule has 0 aliphatic carbocycles. The maximum Gasteiger partial charge on any atom is 0.337 e. The summed E-state index contributed by atoms with van der Waals surface area (Å²) in [6, 6.07) is 8.52. The normalized spacial score (nSPS) is 10.4. The van der Waals surface area contributed by atoms with Gasteiger partial charge in [0.05, 0.1) is 12.4 Å². The number of rotatable bonds is 7. The number of carbonyl (C=O) groups is 1. The van der Waals surface area contributed by atoms with E-state index in [0.717, 1.165) is 5.75 Å². The van der Waals surface area contributed by atoms with Crippen molar-refractivity contribution in [3.05, 3.63) is 35.4 Å². The molecule has 7 heteroatoms. The number of aromatic nitrogens is 3. The zero-order valence-corrected chi connectivity index (χ0v) is 12.9. The lowest BCUT2D eigenvalue weighted by atomic mass is 10.2. The summed E-state index contributed by atoms with van der Waals surface area (Å²) in [6.45, 7) is 4.38. The van der Waals surface area contributed by atoms with Gasteiger partial charge in [-0.15, -0.1) is 16.9 Å². The second-order valence-corrected chi connectivity index (χ2v) is 5.41. The molecule has 0 spiro atoms. The number of aryl methyl sites for hydroxylation is 1. The van der Waals surface area contributed by atoms with Crippen LogP contribution in [0.5, 0.6) is 6.01 Å². The van der Waals surface area contributed by atoms with Gasteiger partial charge < -0.3 is 4.74 Å². The molecule has 2 N–H and O–H groups in total. The van der Waals surface area contributed by atoms with Crippen LogP contribution < -0.4 is 10.1 Å². The highest BCUT2D eigenvalue weighted by Crippen LogP contribution is 2.13. The van der Waals surface area contributed by atoms with E-state index in [1.807, 2.05) is 6.92 Å². The molecule has 0 atom stereocenters. The molecule has 0 aliphatic rings. The molecule has 0 aliphatic heterocycles. The van der Waals surface area contributed by atoms with Gasteiger partial charge in [-0.05, 0) is 19.4 Å². The Labute approximate surface area is 127 Å². The summed E-state index contributed by atoms with van der Waals surface area (Å²) in [5, 5.41) is 9.07. The van der Waals surface area contributed by atoms with Crippen molar-refractivity contribution in [2.75, 3.05) is 17.7 Å². The van der Waals surface area contributed by atoms with Crippen LogP contribution in [0.4, 0.5) is 5.95 Å². The van der Waals surface area contributed by atoms with Gasteiger partial charge in [-0.1, -0.05) is 29.8 Å². The average molecular weight is 306 g/mol. The van der Waals surface area contributed by atoms with Gasteiger partial charge >= 0.3 is 6.01 Å². The number of carbonyl (C=O) groups excluding carboxylic acids is 1. The van der Waals surface area contributed by atoms with Crippen molar-refractivity contribution in [3.8, 4) is 6.01 Å². The first-order valence-electron chi connectivity index (χ1n) is 6.65. The topological polar surface area (TPSA) is 79.9 Å². The maximum absolute atomic E-state index is 11.8. The molecule has 1 aromatic carbocycles. The molecular formula is C14H18N4O2S. The Balaban J connectivity index is 1.72. The van der Waals surface area contributed by atoms with E-state index in [0.29, 0.717) is 18.3 Å². The van der Waals surface area contributed by atoms with E-state index in [4.69, 9.17) is 4.74 Å². The highest BCUT2D eigenvalue weighted by molar-refractivity contribution is 7.99. The minimum atomic E-state index is -0.119. The molecule has 0 bridgehead atoms. The number of H-pyrrole nitrogens is 1. The highest BCUT2D eigenvalue weighted by Gasteiger charge is 2.07. The zero-order valence-electron chi connectivity index (χ0n) is 12.0. The van der Waals surface area contributed by atoms with E-state index in [-0.39, 0.29) is 11.9 Å². The third-order valence-electron chi connectivity index (χ3n) is 2.62. The van der Waals surface area contributed by atoms with Gasteiger partial charge in [0.1, 0.15) is 0 Å². The predicted molar refractivity (Wildman–Crippen MR) is 83.5 cm³/mol. The Kier molecular flexibility index (Phi) is 5.62. The second kappa shape index (κ2) is 7.68. The lowest BCUT2D eigenvalue weighted by Crippen LogP contribution is -2.15. The minimum Gasteiger partial charge on any atom is -0.463 e. The standard InChI is InChI=1S/C14H18N4O2S/c1-3-20-14-16-13(17-18-14)15-12(19)9-21-8-11-6-4-10(2)5-7-11/h4-7H,3,8-9H2,1-2H3,(H2,15,16,17,18,19). The SMILES string of the molecule is CCOc1n[nH]c(NC(=O)CSCc2ccc(C)cc2)n1. The summed E-state index contributed by atoms with van der Waals surface area (Å²) >= 11 is 1.55. The number of ether oxygens (including phenoxy) is 1. The molecule has 6 nitrogen and oxygen atoms in total. The van der Waals surface area contributed by atoms with Crippen molar-refractivity contribution >= 4 is 23.6 Å². The smallest absolute Gasteiger partial charge is 0.337 e. The van der Waals surface area contributed by atoms with Gasteiger partial charge in [0.25, 0.3) is 0 Å². The fourth-order valence-corrected chi connectivity index (χ4v) is 2.40. The van der Waals surface area contributed by atoms with Crippen molar-refractivity contribution < 1.29 is 9.53 Å². The van der Waals surface area contributed by atoms with Crippen molar-refractivity contribution in [1.82, 2.24) is 15.2 Å². The lowest BCUT2D eigenvalue weighted by Gasteiger charge is -2.03. The quantitative estimate of drug-likeness (QED) is 0.821. The fraction of sp³-hybridized carbons (Fsp3) is 0.357. The second-order valence-electron chi connectivity index (χ2n) is 4.43. The molecule has 1 heterocycles. The van der Waals surface area contributed by atoms with Gasteiger partial charge in [0, 0.05) is 5.75 Å². The van der Waals surface area contributed by atoms with Crippen LogP contribution in [0.15, 0.2) is 24.3 Å². The van der Waals surface area contributed by atoms with Crippen LogP contribution in [0.2, 0.25) is 0 Å². The molecule has 21 heavy (non-hydrogen) atoms.